The van der Waals surface area contributed by atoms with Crippen molar-refractivity contribution in [3.63, 3.8) is 0 Å². The molecule has 1 saturated heterocycles. The highest BCUT2D eigenvalue weighted by atomic mass is 79.9. The number of nitro groups is 1. The highest BCUT2D eigenvalue weighted by Gasteiger charge is 2.29. The maximum atomic E-state index is 13.3. The van der Waals surface area contributed by atoms with Crippen molar-refractivity contribution in [1.29, 1.82) is 0 Å². The number of fused-ring (bicyclic) bond motifs is 1. The monoisotopic (exact) mass is 503 g/mol. The van der Waals surface area contributed by atoms with Crippen molar-refractivity contribution in [3.8, 4) is 5.75 Å². The van der Waals surface area contributed by atoms with Gasteiger partial charge in [-0.2, -0.15) is 0 Å². The number of rotatable bonds is 4. The van der Waals surface area contributed by atoms with E-state index in [9.17, 15) is 14.9 Å². The van der Waals surface area contributed by atoms with Gasteiger partial charge in [0.25, 0.3) is 11.6 Å². The van der Waals surface area contributed by atoms with Gasteiger partial charge >= 0.3 is 0 Å². The molecule has 0 spiro atoms. The molecule has 1 heterocycles. The molecule has 3 aromatic rings. The first kappa shape index (κ1) is 21.4. The van der Waals surface area contributed by atoms with E-state index in [1.165, 1.54) is 6.07 Å². The number of carbonyl (C=O) groups is 1. The molecule has 1 amide bonds. The standard InChI is InChI=1S/C22H19BrClN3O4/c1-31-21-16(13-14-5-2-3-6-15(14)19(21)23)22(28)26-11-9-25(10-12-26)20-17(24)7-4-8-18(20)27(29)30/h2-8,13H,9-12H2,1H3. The lowest BCUT2D eigenvalue weighted by Crippen LogP contribution is -2.49. The molecule has 1 aliphatic rings. The first-order chi connectivity index (χ1) is 14.9. The van der Waals surface area contributed by atoms with Gasteiger partial charge in [0.2, 0.25) is 0 Å². The summed E-state index contributed by atoms with van der Waals surface area (Å²) < 4.78 is 6.28. The Hall–Kier alpha value is -2.84. The largest absolute Gasteiger partial charge is 0.495 e. The van der Waals surface area contributed by atoms with Crippen LogP contribution in [-0.2, 0) is 0 Å². The second kappa shape index (κ2) is 8.72. The highest BCUT2D eigenvalue weighted by molar-refractivity contribution is 9.10. The van der Waals surface area contributed by atoms with Crippen molar-refractivity contribution in [2.45, 2.75) is 0 Å². The predicted octanol–water partition coefficient (Wildman–Crippen LogP) is 5.13. The summed E-state index contributed by atoms with van der Waals surface area (Å²) >= 11 is 9.84. The molecule has 0 saturated carbocycles. The Balaban J connectivity index is 1.59. The minimum Gasteiger partial charge on any atom is -0.495 e. The number of hydrogen-bond acceptors (Lipinski definition) is 5. The molecule has 0 aliphatic carbocycles. The molecule has 1 aliphatic heterocycles. The Morgan fingerprint density at radius 2 is 1.84 bits per heavy atom. The maximum absolute atomic E-state index is 13.3. The number of methoxy groups -OCH3 is 1. The fraction of sp³-hybridized carbons (Fsp3) is 0.227. The van der Waals surface area contributed by atoms with Crippen LogP contribution in [0.4, 0.5) is 11.4 Å². The molecule has 31 heavy (non-hydrogen) atoms. The van der Waals surface area contributed by atoms with Crippen LogP contribution < -0.4 is 9.64 Å². The van der Waals surface area contributed by atoms with Crippen LogP contribution in [0, 0.1) is 10.1 Å². The number of piperazine rings is 1. The number of halogens is 2. The van der Waals surface area contributed by atoms with Gasteiger partial charge in [0.05, 0.1) is 27.1 Å². The second-order valence-corrected chi connectivity index (χ2v) is 8.34. The van der Waals surface area contributed by atoms with Crippen molar-refractivity contribution < 1.29 is 14.5 Å². The summed E-state index contributed by atoms with van der Waals surface area (Å²) in [5.74, 6) is 0.351. The third-order valence-corrected chi connectivity index (χ3v) is 6.51. The lowest BCUT2D eigenvalue weighted by molar-refractivity contribution is -0.384. The molecule has 7 nitrogen and oxygen atoms in total. The van der Waals surface area contributed by atoms with Crippen LogP contribution in [0.15, 0.2) is 53.0 Å². The van der Waals surface area contributed by atoms with Gasteiger partial charge in [0.15, 0.2) is 0 Å². The fourth-order valence-corrected chi connectivity index (χ4v) is 4.94. The van der Waals surface area contributed by atoms with E-state index in [4.69, 9.17) is 16.3 Å². The van der Waals surface area contributed by atoms with Crippen LogP contribution >= 0.6 is 27.5 Å². The van der Waals surface area contributed by atoms with Crippen LogP contribution in [0.1, 0.15) is 10.4 Å². The first-order valence-electron chi connectivity index (χ1n) is 9.64. The molecule has 1 fully saturated rings. The van der Waals surface area contributed by atoms with Gasteiger partial charge in [-0.25, -0.2) is 0 Å². The maximum Gasteiger partial charge on any atom is 0.294 e. The Morgan fingerprint density at radius 3 is 2.52 bits per heavy atom. The van der Waals surface area contributed by atoms with Gasteiger partial charge in [-0.3, -0.25) is 14.9 Å². The van der Waals surface area contributed by atoms with E-state index in [-0.39, 0.29) is 11.6 Å². The van der Waals surface area contributed by atoms with Gasteiger partial charge in [0, 0.05) is 32.2 Å². The minimum atomic E-state index is -0.434. The average molecular weight is 505 g/mol. The van der Waals surface area contributed by atoms with Crippen molar-refractivity contribution >= 4 is 55.6 Å². The van der Waals surface area contributed by atoms with Gasteiger partial charge in [-0.05, 0) is 38.8 Å². The van der Waals surface area contributed by atoms with Gasteiger partial charge in [0.1, 0.15) is 11.4 Å². The zero-order valence-corrected chi connectivity index (χ0v) is 19.0. The number of carbonyl (C=O) groups excluding carboxylic acids is 1. The Morgan fingerprint density at radius 1 is 1.13 bits per heavy atom. The van der Waals surface area contributed by atoms with Crippen molar-refractivity contribution in [3.05, 3.63) is 73.7 Å². The normalized spacial score (nSPS) is 14.0. The van der Waals surface area contributed by atoms with Crippen molar-refractivity contribution in [2.75, 3.05) is 38.2 Å². The molecule has 0 radical (unpaired) electrons. The Bertz CT molecular complexity index is 1180. The third-order valence-electron chi connectivity index (χ3n) is 5.42. The number of hydrogen-bond donors (Lipinski definition) is 0. The van der Waals surface area contributed by atoms with Gasteiger partial charge in [-0.15, -0.1) is 0 Å². The van der Waals surface area contributed by atoms with E-state index in [0.29, 0.717) is 48.2 Å². The second-order valence-electron chi connectivity index (χ2n) is 7.14. The number of para-hydroxylation sites is 1. The van der Waals surface area contributed by atoms with Crippen molar-refractivity contribution in [2.24, 2.45) is 0 Å². The van der Waals surface area contributed by atoms with Gasteiger partial charge < -0.3 is 14.5 Å². The topological polar surface area (TPSA) is 75.9 Å². The molecule has 3 aromatic carbocycles. The smallest absolute Gasteiger partial charge is 0.294 e. The zero-order valence-electron chi connectivity index (χ0n) is 16.7. The van der Waals surface area contributed by atoms with Crippen LogP contribution in [0.2, 0.25) is 5.02 Å². The number of amides is 1. The number of ether oxygens (including phenoxy) is 1. The van der Waals surface area contributed by atoms with Crippen LogP contribution in [0.5, 0.6) is 5.75 Å². The van der Waals surface area contributed by atoms with E-state index in [1.807, 2.05) is 35.2 Å². The lowest BCUT2D eigenvalue weighted by atomic mass is 10.0. The minimum absolute atomic E-state index is 0.0348. The average Bonchev–Trinajstić information content (AvgIpc) is 2.78. The third kappa shape index (κ3) is 3.93. The van der Waals surface area contributed by atoms with E-state index in [2.05, 4.69) is 15.9 Å². The van der Waals surface area contributed by atoms with E-state index in [1.54, 1.807) is 24.1 Å². The Labute approximate surface area is 192 Å². The molecule has 0 bridgehead atoms. The SMILES string of the molecule is COc1c(C(=O)N2CCN(c3c(Cl)cccc3[N+](=O)[O-])CC2)cc2ccccc2c1Br. The summed E-state index contributed by atoms with van der Waals surface area (Å²) in [6, 6.07) is 14.2. The fourth-order valence-electron chi connectivity index (χ4n) is 3.91. The van der Waals surface area contributed by atoms with E-state index in [0.717, 1.165) is 15.2 Å². The van der Waals surface area contributed by atoms with E-state index >= 15 is 0 Å². The Kier molecular flexibility index (Phi) is 6.02. The summed E-state index contributed by atoms with van der Waals surface area (Å²) in [5, 5.41) is 13.6. The highest BCUT2D eigenvalue weighted by Crippen LogP contribution is 2.38. The summed E-state index contributed by atoms with van der Waals surface area (Å²) in [6.07, 6.45) is 0. The molecule has 4 rings (SSSR count). The van der Waals surface area contributed by atoms with Crippen LogP contribution in [0.25, 0.3) is 10.8 Å². The number of anilines is 1. The molecule has 9 heteroatoms. The molecule has 0 atom stereocenters. The molecular weight excluding hydrogens is 486 g/mol. The molecule has 0 N–H and O–H groups in total. The van der Waals surface area contributed by atoms with Gasteiger partial charge in [-0.1, -0.05) is 41.9 Å². The zero-order chi connectivity index (χ0) is 22.1. The number of benzene rings is 3. The number of nitro benzene ring substituents is 1. The first-order valence-corrected chi connectivity index (χ1v) is 10.8. The summed E-state index contributed by atoms with van der Waals surface area (Å²) in [4.78, 5) is 27.9. The molecular formula is C22H19BrClN3O4. The number of nitrogens with zero attached hydrogens (tertiary/aromatic N) is 3. The van der Waals surface area contributed by atoms with Crippen LogP contribution in [0.3, 0.4) is 0 Å². The summed E-state index contributed by atoms with van der Waals surface area (Å²) in [6.45, 7) is 1.70. The molecule has 160 valence electrons. The summed E-state index contributed by atoms with van der Waals surface area (Å²) in [5.41, 5.74) is 0.838. The molecule has 0 aromatic heterocycles. The molecule has 0 unspecified atom stereocenters. The summed E-state index contributed by atoms with van der Waals surface area (Å²) in [7, 11) is 1.54. The van der Waals surface area contributed by atoms with E-state index < -0.39 is 4.92 Å². The van der Waals surface area contributed by atoms with Crippen molar-refractivity contribution in [1.82, 2.24) is 4.90 Å². The lowest BCUT2D eigenvalue weighted by Gasteiger charge is -2.36. The predicted molar refractivity (Wildman–Crippen MR) is 124 cm³/mol. The quantitative estimate of drug-likeness (QED) is 0.363. The van der Waals surface area contributed by atoms with Crippen LogP contribution in [-0.4, -0.2) is 49.0 Å².